The molecule has 0 saturated carbocycles. The SMILES string of the molecule is CC(O)c1ccc(N2CC(O)CC2CN(C)C)cc1O. The van der Waals surface area contributed by atoms with E-state index in [0.717, 1.165) is 18.7 Å². The molecule has 1 fully saturated rings. The highest BCUT2D eigenvalue weighted by Crippen LogP contribution is 2.32. The normalized spacial score (nSPS) is 24.4. The number of benzene rings is 1. The van der Waals surface area contributed by atoms with E-state index < -0.39 is 6.10 Å². The lowest BCUT2D eigenvalue weighted by atomic mass is 10.1. The van der Waals surface area contributed by atoms with Gasteiger partial charge >= 0.3 is 0 Å². The fraction of sp³-hybridized carbons (Fsp3) is 0.600. The van der Waals surface area contributed by atoms with Gasteiger partial charge in [-0.2, -0.15) is 0 Å². The van der Waals surface area contributed by atoms with Gasteiger partial charge in [0.1, 0.15) is 5.75 Å². The lowest BCUT2D eigenvalue weighted by Gasteiger charge is -2.29. The number of phenols is 1. The van der Waals surface area contributed by atoms with Gasteiger partial charge in [-0.15, -0.1) is 0 Å². The van der Waals surface area contributed by atoms with Gasteiger partial charge in [0.15, 0.2) is 0 Å². The molecule has 0 aliphatic carbocycles. The van der Waals surface area contributed by atoms with Crippen LogP contribution in [0.1, 0.15) is 25.0 Å². The fourth-order valence-electron chi connectivity index (χ4n) is 2.87. The Bertz CT molecular complexity index is 462. The summed E-state index contributed by atoms with van der Waals surface area (Å²) in [5.74, 6) is 0.0995. The smallest absolute Gasteiger partial charge is 0.123 e. The predicted molar refractivity (Wildman–Crippen MR) is 79.1 cm³/mol. The highest BCUT2D eigenvalue weighted by atomic mass is 16.3. The fourth-order valence-corrected chi connectivity index (χ4v) is 2.87. The van der Waals surface area contributed by atoms with Crippen LogP contribution in [0.25, 0.3) is 0 Å². The monoisotopic (exact) mass is 280 g/mol. The van der Waals surface area contributed by atoms with E-state index in [-0.39, 0.29) is 17.9 Å². The van der Waals surface area contributed by atoms with Gasteiger partial charge in [-0.25, -0.2) is 0 Å². The summed E-state index contributed by atoms with van der Waals surface area (Å²) in [5, 5.41) is 29.4. The first-order valence-corrected chi connectivity index (χ1v) is 6.99. The number of phenolic OH excluding ortho intramolecular Hbond substituents is 1. The van der Waals surface area contributed by atoms with E-state index in [1.165, 1.54) is 0 Å². The molecule has 1 aliphatic rings. The number of aromatic hydroxyl groups is 1. The average Bonchev–Trinajstić information content (AvgIpc) is 2.68. The van der Waals surface area contributed by atoms with Crippen molar-refractivity contribution < 1.29 is 15.3 Å². The zero-order chi connectivity index (χ0) is 14.9. The molecule has 0 spiro atoms. The van der Waals surface area contributed by atoms with Crippen LogP contribution < -0.4 is 4.90 Å². The van der Waals surface area contributed by atoms with Gasteiger partial charge in [-0.1, -0.05) is 6.07 Å². The number of aliphatic hydroxyl groups excluding tert-OH is 2. The van der Waals surface area contributed by atoms with Crippen LogP contribution in [0.4, 0.5) is 5.69 Å². The first-order chi connectivity index (χ1) is 9.38. The van der Waals surface area contributed by atoms with Gasteiger partial charge in [0.25, 0.3) is 0 Å². The highest BCUT2D eigenvalue weighted by Gasteiger charge is 2.31. The minimum Gasteiger partial charge on any atom is -0.507 e. The molecule has 3 atom stereocenters. The van der Waals surface area contributed by atoms with E-state index >= 15 is 0 Å². The second-order valence-electron chi connectivity index (χ2n) is 5.88. The van der Waals surface area contributed by atoms with Crippen LogP contribution in [0.3, 0.4) is 0 Å². The Balaban J connectivity index is 2.23. The summed E-state index contributed by atoms with van der Waals surface area (Å²) in [6, 6.07) is 5.54. The molecule has 1 aromatic rings. The Morgan fingerprint density at radius 1 is 1.40 bits per heavy atom. The Hall–Kier alpha value is -1.30. The van der Waals surface area contributed by atoms with Crippen molar-refractivity contribution in [3.05, 3.63) is 23.8 Å². The number of hydrogen-bond donors (Lipinski definition) is 3. The van der Waals surface area contributed by atoms with E-state index in [0.29, 0.717) is 12.1 Å². The molecule has 0 amide bonds. The standard InChI is InChI=1S/C15H24N2O3/c1-10(18)14-5-4-11(7-15(14)20)17-9-13(19)6-12(17)8-16(2)3/h4-5,7,10,12-13,18-20H,6,8-9H2,1-3H3. The maximum absolute atomic E-state index is 10.00. The number of nitrogens with zero attached hydrogens (tertiary/aromatic N) is 2. The lowest BCUT2D eigenvalue weighted by molar-refractivity contribution is 0.191. The van der Waals surface area contributed by atoms with Crippen molar-refractivity contribution in [2.75, 3.05) is 32.1 Å². The van der Waals surface area contributed by atoms with Crippen molar-refractivity contribution in [2.45, 2.75) is 31.6 Å². The number of rotatable bonds is 4. The zero-order valence-electron chi connectivity index (χ0n) is 12.3. The maximum atomic E-state index is 10.00. The highest BCUT2D eigenvalue weighted by molar-refractivity contribution is 5.55. The lowest BCUT2D eigenvalue weighted by Crippen LogP contribution is -2.37. The molecule has 112 valence electrons. The van der Waals surface area contributed by atoms with Crippen molar-refractivity contribution in [1.82, 2.24) is 4.90 Å². The van der Waals surface area contributed by atoms with Crippen LogP contribution in [-0.4, -0.2) is 59.6 Å². The minimum absolute atomic E-state index is 0.0995. The minimum atomic E-state index is -0.689. The van der Waals surface area contributed by atoms with Gasteiger partial charge in [0, 0.05) is 36.4 Å². The molecule has 0 radical (unpaired) electrons. The summed E-state index contributed by atoms with van der Waals surface area (Å²) in [5.41, 5.74) is 1.41. The second-order valence-corrected chi connectivity index (χ2v) is 5.88. The maximum Gasteiger partial charge on any atom is 0.123 e. The van der Waals surface area contributed by atoms with Crippen LogP contribution in [0, 0.1) is 0 Å². The van der Waals surface area contributed by atoms with E-state index in [9.17, 15) is 15.3 Å². The molecule has 2 rings (SSSR count). The molecule has 1 aliphatic heterocycles. The van der Waals surface area contributed by atoms with Crippen LogP contribution in [0.2, 0.25) is 0 Å². The molecule has 1 aromatic carbocycles. The average molecular weight is 280 g/mol. The molecule has 1 heterocycles. The summed E-state index contributed by atoms with van der Waals surface area (Å²) in [4.78, 5) is 4.22. The molecule has 0 aromatic heterocycles. The van der Waals surface area contributed by atoms with Crippen molar-refractivity contribution in [3.8, 4) is 5.75 Å². The van der Waals surface area contributed by atoms with Gasteiger partial charge in [-0.3, -0.25) is 0 Å². The number of aliphatic hydroxyl groups is 2. The number of β-amino-alcohol motifs (C(OH)–C–C–N with tert-alkyl or cyclic N) is 1. The van der Waals surface area contributed by atoms with E-state index in [4.69, 9.17) is 0 Å². The van der Waals surface area contributed by atoms with Crippen LogP contribution >= 0.6 is 0 Å². The predicted octanol–water partition coefficient (Wildman–Crippen LogP) is 0.947. The first kappa shape index (κ1) is 15.1. The zero-order valence-corrected chi connectivity index (χ0v) is 12.3. The third-order valence-electron chi connectivity index (χ3n) is 3.76. The molecule has 3 unspecified atom stereocenters. The van der Waals surface area contributed by atoms with Crippen molar-refractivity contribution >= 4 is 5.69 Å². The molecular weight excluding hydrogens is 256 g/mol. The van der Waals surface area contributed by atoms with Gasteiger partial charge in [0.05, 0.1) is 12.2 Å². The van der Waals surface area contributed by atoms with Crippen LogP contribution in [0.15, 0.2) is 18.2 Å². The van der Waals surface area contributed by atoms with Gasteiger partial charge in [-0.05, 0) is 33.5 Å². The molecule has 3 N–H and O–H groups in total. The third-order valence-corrected chi connectivity index (χ3v) is 3.76. The molecule has 0 bridgehead atoms. The number of likely N-dealkylation sites (N-methyl/N-ethyl adjacent to an activating group) is 1. The van der Waals surface area contributed by atoms with Crippen molar-refractivity contribution in [3.63, 3.8) is 0 Å². The van der Waals surface area contributed by atoms with Crippen LogP contribution in [0.5, 0.6) is 5.75 Å². The Labute approximate surface area is 120 Å². The second kappa shape index (κ2) is 5.99. The third kappa shape index (κ3) is 3.23. The van der Waals surface area contributed by atoms with Gasteiger partial charge < -0.3 is 25.1 Å². The molecule has 20 heavy (non-hydrogen) atoms. The van der Waals surface area contributed by atoms with E-state index in [2.05, 4.69) is 9.80 Å². The topological polar surface area (TPSA) is 67.2 Å². The quantitative estimate of drug-likeness (QED) is 0.766. The van der Waals surface area contributed by atoms with Crippen molar-refractivity contribution in [1.29, 1.82) is 0 Å². The Kier molecular flexibility index (Phi) is 4.52. The summed E-state index contributed by atoms with van der Waals surface area (Å²) >= 11 is 0. The Morgan fingerprint density at radius 2 is 2.10 bits per heavy atom. The summed E-state index contributed by atoms with van der Waals surface area (Å²) < 4.78 is 0. The molecule has 5 heteroatoms. The molecule has 5 nitrogen and oxygen atoms in total. The molecular formula is C15H24N2O3. The van der Waals surface area contributed by atoms with E-state index in [1.54, 1.807) is 19.1 Å². The van der Waals surface area contributed by atoms with E-state index in [1.807, 2.05) is 20.2 Å². The summed E-state index contributed by atoms with van der Waals surface area (Å²) in [6.07, 6.45) is -0.291. The summed E-state index contributed by atoms with van der Waals surface area (Å²) in [7, 11) is 4.02. The number of hydrogen-bond acceptors (Lipinski definition) is 5. The first-order valence-electron chi connectivity index (χ1n) is 6.99. The Morgan fingerprint density at radius 3 is 2.65 bits per heavy atom. The van der Waals surface area contributed by atoms with Crippen molar-refractivity contribution in [2.24, 2.45) is 0 Å². The van der Waals surface area contributed by atoms with Crippen LogP contribution in [-0.2, 0) is 0 Å². The van der Waals surface area contributed by atoms with Gasteiger partial charge in [0.2, 0.25) is 0 Å². The summed E-state index contributed by atoms with van der Waals surface area (Å²) in [6.45, 7) is 3.06. The molecule has 1 saturated heterocycles. The largest absolute Gasteiger partial charge is 0.507 e. The number of anilines is 1.